The number of nitrogens with zero attached hydrogens (tertiary/aromatic N) is 1. The first-order valence-corrected chi connectivity index (χ1v) is 7.77. The minimum absolute atomic E-state index is 0.266. The molecule has 0 radical (unpaired) electrons. The molecule has 0 spiro atoms. The van der Waals surface area contributed by atoms with Gasteiger partial charge in [-0.1, -0.05) is 32.1 Å². The van der Waals surface area contributed by atoms with E-state index in [2.05, 4.69) is 18.7 Å². The van der Waals surface area contributed by atoms with Gasteiger partial charge in [-0.05, 0) is 17.7 Å². The number of rotatable bonds is 3. The maximum absolute atomic E-state index is 13.3. The highest BCUT2D eigenvalue weighted by molar-refractivity contribution is 8.00. The monoisotopic (exact) mass is 298 g/mol. The van der Waals surface area contributed by atoms with Crippen molar-refractivity contribution in [2.24, 2.45) is 5.73 Å². The van der Waals surface area contributed by atoms with Crippen molar-refractivity contribution in [3.63, 3.8) is 0 Å². The van der Waals surface area contributed by atoms with E-state index in [1.54, 1.807) is 6.07 Å². The molecule has 2 atom stereocenters. The van der Waals surface area contributed by atoms with Crippen LogP contribution in [0.1, 0.15) is 25.0 Å². The van der Waals surface area contributed by atoms with Gasteiger partial charge in [0, 0.05) is 35.7 Å². The first kappa shape index (κ1) is 14.8. The molecule has 0 amide bonds. The Morgan fingerprint density at radius 1 is 1.42 bits per heavy atom. The standard InChI is InChI=1S/C14H19FN2S2/c1-9-6-17(7-10(2)19-9)8-11-3-4-12(15)5-13(11)14(16)18/h3-5,9-10H,6-8H2,1-2H3,(H2,16,18). The van der Waals surface area contributed by atoms with Crippen LogP contribution in [0.15, 0.2) is 18.2 Å². The van der Waals surface area contributed by atoms with Crippen molar-refractivity contribution in [2.75, 3.05) is 13.1 Å². The fraction of sp³-hybridized carbons (Fsp3) is 0.500. The molecular weight excluding hydrogens is 279 g/mol. The molecule has 0 saturated carbocycles. The van der Waals surface area contributed by atoms with E-state index in [9.17, 15) is 4.39 Å². The molecule has 19 heavy (non-hydrogen) atoms. The van der Waals surface area contributed by atoms with Crippen LogP contribution >= 0.6 is 24.0 Å². The van der Waals surface area contributed by atoms with Gasteiger partial charge in [0.1, 0.15) is 10.8 Å². The van der Waals surface area contributed by atoms with Crippen LogP contribution in [-0.4, -0.2) is 33.5 Å². The van der Waals surface area contributed by atoms with Crippen LogP contribution in [0.5, 0.6) is 0 Å². The number of hydrogen-bond donors (Lipinski definition) is 1. The van der Waals surface area contributed by atoms with Gasteiger partial charge in [0.15, 0.2) is 0 Å². The molecule has 0 aliphatic carbocycles. The van der Waals surface area contributed by atoms with Gasteiger partial charge in [-0.3, -0.25) is 4.90 Å². The number of benzene rings is 1. The van der Waals surface area contributed by atoms with Crippen molar-refractivity contribution in [1.29, 1.82) is 0 Å². The van der Waals surface area contributed by atoms with Gasteiger partial charge in [-0.2, -0.15) is 11.8 Å². The molecule has 1 aliphatic rings. The van der Waals surface area contributed by atoms with Crippen molar-refractivity contribution in [1.82, 2.24) is 4.90 Å². The molecule has 2 unspecified atom stereocenters. The smallest absolute Gasteiger partial charge is 0.123 e. The maximum atomic E-state index is 13.3. The number of halogens is 1. The van der Waals surface area contributed by atoms with Crippen LogP contribution in [0, 0.1) is 5.82 Å². The minimum atomic E-state index is -0.289. The maximum Gasteiger partial charge on any atom is 0.123 e. The minimum Gasteiger partial charge on any atom is -0.389 e. The Hall–Kier alpha value is -0.650. The number of thioether (sulfide) groups is 1. The molecule has 1 aromatic carbocycles. The van der Waals surface area contributed by atoms with E-state index in [1.807, 2.05) is 11.8 Å². The highest BCUT2D eigenvalue weighted by Gasteiger charge is 2.23. The lowest BCUT2D eigenvalue weighted by Gasteiger charge is -2.34. The number of thiocarbonyl (C=S) groups is 1. The van der Waals surface area contributed by atoms with E-state index in [0.29, 0.717) is 16.1 Å². The zero-order chi connectivity index (χ0) is 14.0. The summed E-state index contributed by atoms with van der Waals surface area (Å²) in [5, 5.41) is 1.25. The van der Waals surface area contributed by atoms with Crippen LogP contribution in [0.2, 0.25) is 0 Å². The lowest BCUT2D eigenvalue weighted by atomic mass is 10.1. The van der Waals surface area contributed by atoms with Crippen LogP contribution in [0.4, 0.5) is 4.39 Å². The summed E-state index contributed by atoms with van der Waals surface area (Å²) in [6, 6.07) is 4.70. The largest absolute Gasteiger partial charge is 0.389 e. The predicted octanol–water partition coefficient (Wildman–Crippen LogP) is 2.79. The van der Waals surface area contributed by atoms with Crippen molar-refractivity contribution in [3.05, 3.63) is 35.1 Å². The number of nitrogens with two attached hydrogens (primary N) is 1. The van der Waals surface area contributed by atoms with Crippen LogP contribution in [0.3, 0.4) is 0 Å². The zero-order valence-corrected chi connectivity index (χ0v) is 12.9. The summed E-state index contributed by atoms with van der Waals surface area (Å²) in [5.74, 6) is -0.289. The molecule has 0 aromatic heterocycles. The number of hydrogen-bond acceptors (Lipinski definition) is 3. The summed E-state index contributed by atoms with van der Waals surface area (Å²) in [6.45, 7) is 7.35. The van der Waals surface area contributed by atoms with E-state index < -0.39 is 0 Å². The molecule has 2 rings (SSSR count). The lowest BCUT2D eigenvalue weighted by Crippen LogP contribution is -2.40. The Labute approximate surface area is 123 Å². The topological polar surface area (TPSA) is 29.3 Å². The Morgan fingerprint density at radius 2 is 2.05 bits per heavy atom. The van der Waals surface area contributed by atoms with Gasteiger partial charge in [0.2, 0.25) is 0 Å². The summed E-state index contributed by atoms with van der Waals surface area (Å²) in [4.78, 5) is 2.66. The molecule has 2 nitrogen and oxygen atoms in total. The van der Waals surface area contributed by atoms with Gasteiger partial charge in [-0.15, -0.1) is 0 Å². The van der Waals surface area contributed by atoms with Crippen molar-refractivity contribution >= 4 is 29.0 Å². The molecule has 1 aromatic rings. The first-order chi connectivity index (χ1) is 8.95. The van der Waals surface area contributed by atoms with Crippen molar-refractivity contribution in [2.45, 2.75) is 30.9 Å². The fourth-order valence-corrected chi connectivity index (χ4v) is 4.15. The molecule has 0 bridgehead atoms. The molecular formula is C14H19FN2S2. The Bertz CT molecular complexity index is 469. The van der Waals surface area contributed by atoms with Gasteiger partial charge < -0.3 is 5.73 Å². The second kappa shape index (κ2) is 6.20. The molecule has 1 saturated heterocycles. The normalized spacial score (nSPS) is 24.4. The van der Waals surface area contributed by atoms with E-state index in [0.717, 1.165) is 25.2 Å². The highest BCUT2D eigenvalue weighted by Crippen LogP contribution is 2.26. The lowest BCUT2D eigenvalue weighted by molar-refractivity contribution is 0.262. The van der Waals surface area contributed by atoms with Crippen LogP contribution in [0.25, 0.3) is 0 Å². The Balaban J connectivity index is 2.16. The van der Waals surface area contributed by atoms with Gasteiger partial charge in [0.25, 0.3) is 0 Å². The third-order valence-electron chi connectivity index (χ3n) is 3.23. The SMILES string of the molecule is CC1CN(Cc2ccc(F)cc2C(N)=S)CC(C)S1. The average Bonchev–Trinajstić information content (AvgIpc) is 2.30. The first-order valence-electron chi connectivity index (χ1n) is 6.41. The van der Waals surface area contributed by atoms with Crippen LogP contribution < -0.4 is 5.73 Å². The highest BCUT2D eigenvalue weighted by atomic mass is 32.2. The third kappa shape index (κ3) is 3.91. The van der Waals surface area contributed by atoms with Gasteiger partial charge >= 0.3 is 0 Å². The third-order valence-corrected chi connectivity index (χ3v) is 4.67. The van der Waals surface area contributed by atoms with E-state index >= 15 is 0 Å². The molecule has 2 N–H and O–H groups in total. The summed E-state index contributed by atoms with van der Waals surface area (Å²) < 4.78 is 13.3. The van der Waals surface area contributed by atoms with E-state index in [4.69, 9.17) is 18.0 Å². The molecule has 1 heterocycles. The van der Waals surface area contributed by atoms with Crippen molar-refractivity contribution < 1.29 is 4.39 Å². The Morgan fingerprint density at radius 3 is 2.63 bits per heavy atom. The van der Waals surface area contributed by atoms with Crippen LogP contribution in [-0.2, 0) is 6.54 Å². The fourth-order valence-electron chi connectivity index (χ4n) is 2.57. The molecule has 5 heteroatoms. The van der Waals surface area contributed by atoms with E-state index in [1.165, 1.54) is 12.1 Å². The zero-order valence-electron chi connectivity index (χ0n) is 11.2. The summed E-state index contributed by atoms with van der Waals surface area (Å²) in [6.07, 6.45) is 0. The molecule has 104 valence electrons. The second-order valence-electron chi connectivity index (χ2n) is 5.12. The predicted molar refractivity (Wildman–Crippen MR) is 84.1 cm³/mol. The Kier molecular flexibility index (Phi) is 4.81. The summed E-state index contributed by atoms with van der Waals surface area (Å²) >= 11 is 7.03. The second-order valence-corrected chi connectivity index (χ2v) is 7.44. The van der Waals surface area contributed by atoms with Crippen molar-refractivity contribution in [3.8, 4) is 0 Å². The van der Waals surface area contributed by atoms with Gasteiger partial charge in [0.05, 0.1) is 0 Å². The quantitative estimate of drug-likeness (QED) is 0.869. The summed E-state index contributed by atoms with van der Waals surface area (Å²) in [5.41, 5.74) is 7.36. The molecule has 1 fully saturated rings. The molecule has 1 aliphatic heterocycles. The average molecular weight is 298 g/mol. The summed E-state index contributed by atoms with van der Waals surface area (Å²) in [7, 11) is 0. The van der Waals surface area contributed by atoms with Gasteiger partial charge in [-0.25, -0.2) is 4.39 Å². The van der Waals surface area contributed by atoms with E-state index in [-0.39, 0.29) is 10.8 Å².